The summed E-state index contributed by atoms with van der Waals surface area (Å²) in [5, 5.41) is 0.850. The zero-order valence-corrected chi connectivity index (χ0v) is 9.63. The van der Waals surface area contributed by atoms with Crippen LogP contribution in [0.3, 0.4) is 0 Å². The number of nitrogens with two attached hydrogens (primary N) is 1. The zero-order valence-electron chi connectivity index (χ0n) is 9.63. The van der Waals surface area contributed by atoms with Crippen LogP contribution in [0.1, 0.15) is 0 Å². The fraction of sp³-hybridized carbons (Fsp3) is 0. The van der Waals surface area contributed by atoms with Crippen molar-refractivity contribution >= 4 is 16.6 Å². The number of anilines is 1. The van der Waals surface area contributed by atoms with Gasteiger partial charge in [0.25, 0.3) is 5.69 Å². The molecular formula is C14H12N3O+. The van der Waals surface area contributed by atoms with Crippen LogP contribution in [-0.4, -0.2) is 4.98 Å². The Bertz CT molecular complexity index is 763. The number of aromatic amines is 1. The number of H-pyrrole nitrogens is 1. The van der Waals surface area contributed by atoms with Gasteiger partial charge >= 0.3 is 5.56 Å². The van der Waals surface area contributed by atoms with E-state index in [1.165, 1.54) is 0 Å². The normalized spacial score (nSPS) is 10.7. The Hall–Kier alpha value is -2.62. The number of nitrogen functional groups attached to an aromatic ring is 1. The highest BCUT2D eigenvalue weighted by molar-refractivity contribution is 5.92. The molecule has 2 aromatic heterocycles. The number of pyridine rings is 2. The first kappa shape index (κ1) is 10.5. The lowest BCUT2D eigenvalue weighted by Gasteiger charge is -2.03. The third-order valence-electron chi connectivity index (χ3n) is 2.91. The molecule has 0 radical (unpaired) electrons. The second-order valence-corrected chi connectivity index (χ2v) is 4.04. The van der Waals surface area contributed by atoms with Crippen LogP contribution in [0, 0.1) is 0 Å². The topological polar surface area (TPSA) is 62.8 Å². The zero-order chi connectivity index (χ0) is 12.5. The second-order valence-electron chi connectivity index (χ2n) is 4.04. The molecule has 0 fully saturated rings. The van der Waals surface area contributed by atoms with Gasteiger partial charge in [-0.1, -0.05) is 24.3 Å². The van der Waals surface area contributed by atoms with E-state index in [4.69, 9.17) is 5.73 Å². The molecule has 0 aliphatic carbocycles. The van der Waals surface area contributed by atoms with E-state index in [1.54, 1.807) is 17.0 Å². The first-order valence-corrected chi connectivity index (χ1v) is 5.64. The first-order chi connectivity index (χ1) is 8.77. The average molecular weight is 238 g/mol. The third-order valence-corrected chi connectivity index (χ3v) is 2.91. The fourth-order valence-electron chi connectivity index (χ4n) is 2.06. The Kier molecular flexibility index (Phi) is 2.34. The Morgan fingerprint density at radius 3 is 2.50 bits per heavy atom. The summed E-state index contributed by atoms with van der Waals surface area (Å²) in [4.78, 5) is 14.9. The van der Waals surface area contributed by atoms with Crippen molar-refractivity contribution in [2.24, 2.45) is 0 Å². The lowest BCUT2D eigenvalue weighted by atomic mass is 10.1. The van der Waals surface area contributed by atoms with Crippen molar-refractivity contribution in [3.63, 3.8) is 0 Å². The van der Waals surface area contributed by atoms with Crippen LogP contribution in [0.5, 0.6) is 0 Å². The van der Waals surface area contributed by atoms with Gasteiger partial charge in [0, 0.05) is 17.5 Å². The molecule has 4 heteroatoms. The molecule has 0 saturated carbocycles. The summed E-state index contributed by atoms with van der Waals surface area (Å²) in [6.45, 7) is 0. The maximum atomic E-state index is 12.1. The molecule has 2 heterocycles. The van der Waals surface area contributed by atoms with Gasteiger partial charge in [-0.15, -0.1) is 0 Å². The molecule has 88 valence electrons. The minimum absolute atomic E-state index is 0.192. The first-order valence-electron chi connectivity index (χ1n) is 5.64. The molecule has 0 bridgehead atoms. The Morgan fingerprint density at radius 2 is 1.72 bits per heavy atom. The van der Waals surface area contributed by atoms with Crippen LogP contribution in [0.25, 0.3) is 16.6 Å². The number of aromatic nitrogens is 2. The van der Waals surface area contributed by atoms with Crippen LogP contribution in [0.15, 0.2) is 59.7 Å². The summed E-state index contributed by atoms with van der Waals surface area (Å²) in [7, 11) is 0. The number of hydrogen-bond donors (Lipinski definition) is 2. The number of hydrogen-bond acceptors (Lipinski definition) is 2. The number of rotatable bonds is 1. The molecule has 0 saturated heterocycles. The molecule has 3 rings (SSSR count). The van der Waals surface area contributed by atoms with Gasteiger partial charge in [0.05, 0.1) is 5.52 Å². The van der Waals surface area contributed by atoms with Gasteiger partial charge in [0.15, 0.2) is 12.4 Å². The maximum Gasteiger partial charge on any atom is 0.323 e. The van der Waals surface area contributed by atoms with Gasteiger partial charge in [-0.2, -0.15) is 4.57 Å². The molecule has 3 aromatic rings. The average Bonchev–Trinajstić information content (AvgIpc) is 2.40. The van der Waals surface area contributed by atoms with E-state index < -0.39 is 0 Å². The van der Waals surface area contributed by atoms with E-state index in [-0.39, 0.29) is 5.56 Å². The Labute approximate surface area is 103 Å². The van der Waals surface area contributed by atoms with E-state index in [0.717, 1.165) is 10.9 Å². The molecule has 0 aliphatic heterocycles. The highest BCUT2D eigenvalue weighted by Crippen LogP contribution is 2.19. The Balaban J connectivity index is 2.41. The van der Waals surface area contributed by atoms with Crippen molar-refractivity contribution < 1.29 is 4.57 Å². The van der Waals surface area contributed by atoms with Crippen LogP contribution < -0.4 is 15.9 Å². The van der Waals surface area contributed by atoms with E-state index in [9.17, 15) is 4.79 Å². The molecule has 0 atom stereocenters. The van der Waals surface area contributed by atoms with Gasteiger partial charge in [-0.25, -0.2) is 0 Å². The van der Waals surface area contributed by atoms with Crippen molar-refractivity contribution in [2.75, 3.05) is 5.73 Å². The van der Waals surface area contributed by atoms with Crippen molar-refractivity contribution in [3.8, 4) is 5.69 Å². The monoisotopic (exact) mass is 238 g/mol. The summed E-state index contributed by atoms with van der Waals surface area (Å²) in [6, 6.07) is 13.1. The minimum Gasteiger partial charge on any atom is -0.393 e. The molecule has 3 N–H and O–H groups in total. The lowest BCUT2D eigenvalue weighted by molar-refractivity contribution is -0.595. The van der Waals surface area contributed by atoms with E-state index in [2.05, 4.69) is 4.98 Å². The number of nitrogens with zero attached hydrogens (tertiary/aromatic N) is 1. The highest BCUT2D eigenvalue weighted by Gasteiger charge is 2.18. The Morgan fingerprint density at radius 1 is 1.00 bits per heavy atom. The molecule has 0 aliphatic rings. The summed E-state index contributed by atoms with van der Waals surface area (Å²) >= 11 is 0. The van der Waals surface area contributed by atoms with Crippen molar-refractivity contribution in [1.29, 1.82) is 0 Å². The van der Waals surface area contributed by atoms with Crippen molar-refractivity contribution in [2.45, 2.75) is 0 Å². The maximum absolute atomic E-state index is 12.1. The van der Waals surface area contributed by atoms with Crippen molar-refractivity contribution in [1.82, 2.24) is 4.98 Å². The van der Waals surface area contributed by atoms with Crippen LogP contribution in [0.2, 0.25) is 0 Å². The molecule has 0 unspecified atom stereocenters. The quantitative estimate of drug-likeness (QED) is 0.629. The summed E-state index contributed by atoms with van der Waals surface area (Å²) < 4.78 is 1.72. The molecule has 1 aromatic carbocycles. The van der Waals surface area contributed by atoms with E-state index in [0.29, 0.717) is 11.4 Å². The standard InChI is InChI=1S/C14H11N3O/c15-12-10-6-2-3-7-11(10)16-14(18)13(12)17-8-4-1-5-9-17/h1-9H,(H2-,15,16,18)/p+1. The molecule has 0 spiro atoms. The largest absolute Gasteiger partial charge is 0.393 e. The number of nitrogens with one attached hydrogen (secondary N) is 1. The minimum atomic E-state index is -0.192. The van der Waals surface area contributed by atoms with Crippen molar-refractivity contribution in [3.05, 3.63) is 65.2 Å². The van der Waals surface area contributed by atoms with Crippen LogP contribution >= 0.6 is 0 Å². The lowest BCUT2D eigenvalue weighted by Crippen LogP contribution is -2.37. The predicted octanol–water partition coefficient (Wildman–Crippen LogP) is 1.39. The highest BCUT2D eigenvalue weighted by atomic mass is 16.1. The smallest absolute Gasteiger partial charge is 0.323 e. The van der Waals surface area contributed by atoms with Gasteiger partial charge in [-0.3, -0.25) is 4.79 Å². The number of fused-ring (bicyclic) bond motifs is 1. The van der Waals surface area contributed by atoms with Gasteiger partial charge in [0.2, 0.25) is 0 Å². The van der Waals surface area contributed by atoms with E-state index in [1.807, 2.05) is 42.5 Å². The fourth-order valence-corrected chi connectivity index (χ4v) is 2.06. The third kappa shape index (κ3) is 1.55. The van der Waals surface area contributed by atoms with Crippen LogP contribution in [0.4, 0.5) is 5.69 Å². The molecule has 0 amide bonds. The predicted molar refractivity (Wildman–Crippen MR) is 70.5 cm³/mol. The summed E-state index contributed by atoms with van der Waals surface area (Å²) in [5.41, 5.74) is 7.61. The number of benzene rings is 1. The molecular weight excluding hydrogens is 226 g/mol. The summed E-state index contributed by atoms with van der Waals surface area (Å²) in [6.07, 6.45) is 3.60. The SMILES string of the molecule is Nc1c(-[n+]2ccccc2)c(=O)[nH]c2ccccc12. The summed E-state index contributed by atoms with van der Waals surface area (Å²) in [5.74, 6) is 0. The van der Waals surface area contributed by atoms with Gasteiger partial charge in [0.1, 0.15) is 5.69 Å². The second kappa shape index (κ2) is 4.00. The van der Waals surface area contributed by atoms with E-state index >= 15 is 0 Å². The molecule has 18 heavy (non-hydrogen) atoms. The number of para-hydroxylation sites is 1. The van der Waals surface area contributed by atoms with Gasteiger partial charge < -0.3 is 10.7 Å². The van der Waals surface area contributed by atoms with Crippen LogP contribution in [-0.2, 0) is 0 Å². The van der Waals surface area contributed by atoms with Gasteiger partial charge in [-0.05, 0) is 6.07 Å². The molecule has 4 nitrogen and oxygen atoms in total.